The molecule has 4 aromatic rings. The Morgan fingerprint density at radius 2 is 1.80 bits per heavy atom. The van der Waals surface area contributed by atoms with Gasteiger partial charge in [0.05, 0.1) is 16.8 Å². The van der Waals surface area contributed by atoms with Gasteiger partial charge in [0.1, 0.15) is 0 Å². The molecule has 35 heavy (non-hydrogen) atoms. The number of alkyl halides is 3. The van der Waals surface area contributed by atoms with Crippen LogP contribution in [0.3, 0.4) is 0 Å². The van der Waals surface area contributed by atoms with Crippen LogP contribution in [0.1, 0.15) is 15.9 Å². The average molecular weight is 483 g/mol. The third-order valence-corrected chi connectivity index (χ3v) is 4.77. The maximum atomic E-state index is 14.8. The minimum atomic E-state index is -4.59. The lowest BCUT2D eigenvalue weighted by atomic mass is 10.1. The molecule has 0 atom stereocenters. The summed E-state index contributed by atoms with van der Waals surface area (Å²) < 4.78 is 59.1. The van der Waals surface area contributed by atoms with Crippen molar-refractivity contribution in [2.24, 2.45) is 0 Å². The number of hydrogen-bond donors (Lipinski definition) is 2. The minimum absolute atomic E-state index is 0.0352. The SMILES string of the molecule is CNc1nccc(-c2cccnc2Oc2ccc(NC(=O)c3cccc(C(F)(F)F)c3)cc2F)n1. The Bertz CT molecular complexity index is 1380. The second kappa shape index (κ2) is 9.75. The van der Waals surface area contributed by atoms with Crippen LogP contribution in [0.5, 0.6) is 11.6 Å². The van der Waals surface area contributed by atoms with Crippen LogP contribution in [0.2, 0.25) is 0 Å². The van der Waals surface area contributed by atoms with E-state index in [1.165, 1.54) is 24.4 Å². The summed E-state index contributed by atoms with van der Waals surface area (Å²) in [5, 5.41) is 5.20. The van der Waals surface area contributed by atoms with Crippen LogP contribution < -0.4 is 15.4 Å². The number of rotatable bonds is 6. The second-order valence-electron chi connectivity index (χ2n) is 7.15. The number of pyridine rings is 1. The van der Waals surface area contributed by atoms with E-state index >= 15 is 0 Å². The van der Waals surface area contributed by atoms with Crippen LogP contribution in [0.15, 0.2) is 73.1 Å². The van der Waals surface area contributed by atoms with E-state index in [9.17, 15) is 22.4 Å². The quantitative estimate of drug-likeness (QED) is 0.338. The van der Waals surface area contributed by atoms with Crippen molar-refractivity contribution in [3.8, 4) is 22.9 Å². The van der Waals surface area contributed by atoms with E-state index in [4.69, 9.17) is 4.74 Å². The summed E-state index contributed by atoms with van der Waals surface area (Å²) in [6.07, 6.45) is -1.57. The Kier molecular flexibility index (Phi) is 6.58. The normalized spacial score (nSPS) is 11.1. The van der Waals surface area contributed by atoms with Gasteiger partial charge >= 0.3 is 6.18 Å². The van der Waals surface area contributed by atoms with Crippen molar-refractivity contribution >= 4 is 17.5 Å². The van der Waals surface area contributed by atoms with E-state index in [-0.39, 0.29) is 22.9 Å². The summed E-state index contributed by atoms with van der Waals surface area (Å²) in [6.45, 7) is 0. The van der Waals surface area contributed by atoms with Gasteiger partial charge in [0.25, 0.3) is 5.91 Å². The van der Waals surface area contributed by atoms with Gasteiger partial charge in [0.15, 0.2) is 11.6 Å². The summed E-state index contributed by atoms with van der Waals surface area (Å²) in [5.74, 6) is -1.34. The lowest BCUT2D eigenvalue weighted by Crippen LogP contribution is -2.14. The first-order chi connectivity index (χ1) is 16.7. The molecule has 0 aliphatic rings. The van der Waals surface area contributed by atoms with Gasteiger partial charge < -0.3 is 15.4 Å². The van der Waals surface area contributed by atoms with Gasteiger partial charge in [-0.15, -0.1) is 0 Å². The van der Waals surface area contributed by atoms with Crippen LogP contribution >= 0.6 is 0 Å². The summed E-state index contributed by atoms with van der Waals surface area (Å²) in [6, 6.07) is 12.6. The number of nitrogens with one attached hydrogen (secondary N) is 2. The highest BCUT2D eigenvalue weighted by Crippen LogP contribution is 2.33. The highest BCUT2D eigenvalue weighted by Gasteiger charge is 2.31. The van der Waals surface area contributed by atoms with E-state index in [1.807, 2.05) is 0 Å². The van der Waals surface area contributed by atoms with E-state index in [0.29, 0.717) is 17.2 Å². The molecule has 0 saturated carbocycles. The molecule has 2 aromatic heterocycles. The van der Waals surface area contributed by atoms with E-state index < -0.39 is 23.5 Å². The molecule has 0 aliphatic heterocycles. The number of nitrogens with zero attached hydrogens (tertiary/aromatic N) is 3. The van der Waals surface area contributed by atoms with Gasteiger partial charge in [-0.2, -0.15) is 13.2 Å². The molecule has 2 N–H and O–H groups in total. The first-order valence-corrected chi connectivity index (χ1v) is 10.2. The number of carbonyl (C=O) groups is 1. The smallest absolute Gasteiger partial charge is 0.416 e. The van der Waals surface area contributed by atoms with Crippen molar-refractivity contribution in [3.63, 3.8) is 0 Å². The molecule has 0 fully saturated rings. The number of halogens is 4. The molecule has 11 heteroatoms. The number of aromatic nitrogens is 3. The van der Waals surface area contributed by atoms with Gasteiger partial charge in [0, 0.05) is 36.8 Å². The lowest BCUT2D eigenvalue weighted by molar-refractivity contribution is -0.137. The predicted octanol–water partition coefficient (Wildman–Crippen LogP) is 5.78. The number of hydrogen-bond acceptors (Lipinski definition) is 6. The maximum Gasteiger partial charge on any atom is 0.416 e. The van der Waals surface area contributed by atoms with E-state index in [1.54, 1.807) is 31.4 Å². The number of amides is 1. The van der Waals surface area contributed by atoms with Gasteiger partial charge in [0.2, 0.25) is 11.8 Å². The predicted molar refractivity (Wildman–Crippen MR) is 121 cm³/mol. The topological polar surface area (TPSA) is 89.0 Å². The molecule has 0 saturated heterocycles. The summed E-state index contributed by atoms with van der Waals surface area (Å²) in [5.41, 5.74) is -0.153. The van der Waals surface area contributed by atoms with E-state index in [0.717, 1.165) is 24.3 Å². The van der Waals surface area contributed by atoms with Crippen LogP contribution in [0.25, 0.3) is 11.3 Å². The molecular weight excluding hydrogens is 466 g/mol. The third-order valence-electron chi connectivity index (χ3n) is 4.77. The fourth-order valence-electron chi connectivity index (χ4n) is 3.10. The second-order valence-corrected chi connectivity index (χ2v) is 7.15. The van der Waals surface area contributed by atoms with Gasteiger partial charge in [-0.1, -0.05) is 6.07 Å². The maximum absolute atomic E-state index is 14.8. The highest BCUT2D eigenvalue weighted by molar-refractivity contribution is 6.04. The molecule has 178 valence electrons. The van der Waals surface area contributed by atoms with Crippen LogP contribution in [-0.4, -0.2) is 27.9 Å². The zero-order valence-corrected chi connectivity index (χ0v) is 18.1. The van der Waals surface area contributed by atoms with Crippen molar-refractivity contribution in [3.05, 3.63) is 90.0 Å². The highest BCUT2D eigenvalue weighted by atomic mass is 19.4. The number of carbonyl (C=O) groups excluding carboxylic acids is 1. The Balaban J connectivity index is 1.54. The van der Waals surface area contributed by atoms with Crippen molar-refractivity contribution < 1.29 is 27.1 Å². The third kappa shape index (κ3) is 5.52. The lowest BCUT2D eigenvalue weighted by Gasteiger charge is -2.12. The summed E-state index contributed by atoms with van der Waals surface area (Å²) >= 11 is 0. The van der Waals surface area contributed by atoms with Crippen molar-refractivity contribution in [1.29, 1.82) is 0 Å². The van der Waals surface area contributed by atoms with Gasteiger partial charge in [-0.25, -0.2) is 19.3 Å². The average Bonchev–Trinajstić information content (AvgIpc) is 2.85. The molecule has 7 nitrogen and oxygen atoms in total. The molecular formula is C24H17F4N5O2. The fraction of sp³-hybridized carbons (Fsp3) is 0.0833. The van der Waals surface area contributed by atoms with Crippen molar-refractivity contribution in [2.75, 3.05) is 17.7 Å². The molecule has 0 spiro atoms. The standard InChI is InChI=1S/C24H17F4N5O2/c1-29-23-31-11-9-19(33-23)17-6-3-10-30-22(17)35-20-8-7-16(13-18(20)25)32-21(34)14-4-2-5-15(12-14)24(26,27)28/h2-13H,1H3,(H,32,34)(H,29,31,33). The van der Waals surface area contributed by atoms with Crippen molar-refractivity contribution in [2.45, 2.75) is 6.18 Å². The van der Waals surface area contributed by atoms with Crippen LogP contribution in [0.4, 0.5) is 29.2 Å². The van der Waals surface area contributed by atoms with Gasteiger partial charge in [-0.05, 0) is 48.5 Å². The molecule has 2 heterocycles. The summed E-state index contributed by atoms with van der Waals surface area (Å²) in [7, 11) is 1.67. The largest absolute Gasteiger partial charge is 0.435 e. The zero-order valence-electron chi connectivity index (χ0n) is 18.1. The minimum Gasteiger partial charge on any atom is -0.435 e. The first kappa shape index (κ1) is 23.6. The molecule has 0 radical (unpaired) electrons. The first-order valence-electron chi connectivity index (χ1n) is 10.2. The molecule has 4 rings (SSSR count). The zero-order chi connectivity index (χ0) is 25.0. The number of anilines is 2. The molecule has 1 amide bonds. The fourth-order valence-corrected chi connectivity index (χ4v) is 3.10. The molecule has 0 bridgehead atoms. The monoisotopic (exact) mass is 483 g/mol. The number of benzene rings is 2. The number of ether oxygens (including phenoxy) is 1. The van der Waals surface area contributed by atoms with E-state index in [2.05, 4.69) is 25.6 Å². The van der Waals surface area contributed by atoms with Crippen molar-refractivity contribution in [1.82, 2.24) is 15.0 Å². The van der Waals surface area contributed by atoms with Crippen LogP contribution in [-0.2, 0) is 6.18 Å². The Hall–Kier alpha value is -4.54. The van der Waals surface area contributed by atoms with Gasteiger partial charge in [-0.3, -0.25) is 4.79 Å². The Morgan fingerprint density at radius 1 is 0.971 bits per heavy atom. The Morgan fingerprint density at radius 3 is 2.54 bits per heavy atom. The Labute approximate surface area is 196 Å². The molecule has 2 aromatic carbocycles. The molecule has 0 aliphatic carbocycles. The summed E-state index contributed by atoms with van der Waals surface area (Å²) in [4.78, 5) is 24.9. The van der Waals surface area contributed by atoms with Crippen LogP contribution in [0, 0.1) is 5.82 Å². The molecule has 0 unspecified atom stereocenters.